The monoisotopic (exact) mass is 329 g/mol. The van der Waals surface area contributed by atoms with E-state index in [0.29, 0.717) is 18.1 Å². The van der Waals surface area contributed by atoms with E-state index in [2.05, 4.69) is 34.1 Å². The van der Waals surface area contributed by atoms with Crippen molar-refractivity contribution in [3.05, 3.63) is 65.2 Å². The van der Waals surface area contributed by atoms with Gasteiger partial charge in [0.2, 0.25) is 0 Å². The number of hydrogen-bond donors (Lipinski definition) is 0. The lowest BCUT2D eigenvalue weighted by atomic mass is 10.0. The molecule has 0 aliphatic rings. The number of aryl methyl sites for hydroxylation is 1. The molecule has 0 aliphatic heterocycles. The Hall–Kier alpha value is -1.79. The van der Waals surface area contributed by atoms with Gasteiger partial charge in [0.25, 0.3) is 0 Å². The molecule has 0 aromatic heterocycles. The maximum atomic E-state index is 8.94. The van der Waals surface area contributed by atoms with Crippen LogP contribution >= 0.6 is 15.9 Å². The Morgan fingerprint density at radius 2 is 1.95 bits per heavy atom. The molecule has 20 heavy (non-hydrogen) atoms. The van der Waals surface area contributed by atoms with Crippen LogP contribution in [0.2, 0.25) is 0 Å². The lowest BCUT2D eigenvalue weighted by Gasteiger charge is -2.17. The van der Waals surface area contributed by atoms with Gasteiger partial charge in [0, 0.05) is 11.2 Å². The summed E-state index contributed by atoms with van der Waals surface area (Å²) in [4.78, 5) is 0. The van der Waals surface area contributed by atoms with Gasteiger partial charge in [-0.15, -0.1) is 0 Å². The number of benzene rings is 2. The predicted molar refractivity (Wildman–Crippen MR) is 84.4 cm³/mol. The van der Waals surface area contributed by atoms with Crippen molar-refractivity contribution in [3.8, 4) is 11.8 Å². The Bertz CT molecular complexity index is 604. The summed E-state index contributed by atoms with van der Waals surface area (Å²) < 4.78 is 5.91. The van der Waals surface area contributed by atoms with Crippen molar-refractivity contribution in [2.45, 2.75) is 12.8 Å². The second kappa shape index (κ2) is 7.12. The van der Waals surface area contributed by atoms with Gasteiger partial charge in [0.15, 0.2) is 0 Å². The van der Waals surface area contributed by atoms with Crippen molar-refractivity contribution >= 4 is 15.9 Å². The van der Waals surface area contributed by atoms with Crippen LogP contribution in [0.5, 0.6) is 5.75 Å². The summed E-state index contributed by atoms with van der Waals surface area (Å²) in [5.41, 5.74) is 2.92. The van der Waals surface area contributed by atoms with Gasteiger partial charge in [-0.25, -0.2) is 0 Å². The molecule has 102 valence electrons. The largest absolute Gasteiger partial charge is 0.493 e. The molecule has 1 atom stereocenters. The van der Waals surface area contributed by atoms with Crippen molar-refractivity contribution in [2.75, 3.05) is 11.9 Å². The Labute approximate surface area is 128 Å². The van der Waals surface area contributed by atoms with Gasteiger partial charge in [0.05, 0.1) is 18.2 Å². The number of halogens is 1. The SMILES string of the molecule is Cc1ccc(C#N)cc1OCC(CBr)c1ccccc1. The third-order valence-electron chi connectivity index (χ3n) is 3.21. The van der Waals surface area contributed by atoms with Gasteiger partial charge in [-0.05, 0) is 30.2 Å². The molecule has 0 spiro atoms. The van der Waals surface area contributed by atoms with Crippen LogP contribution < -0.4 is 4.74 Å². The molecule has 0 heterocycles. The standard InChI is InChI=1S/C17H16BrNO/c1-13-7-8-14(11-19)9-17(13)20-12-16(10-18)15-5-3-2-4-6-15/h2-9,16H,10,12H2,1H3. The molecular formula is C17H16BrNO. The van der Waals surface area contributed by atoms with Crippen LogP contribution in [0.25, 0.3) is 0 Å². The smallest absolute Gasteiger partial charge is 0.123 e. The topological polar surface area (TPSA) is 33.0 Å². The molecule has 0 amide bonds. The molecule has 0 N–H and O–H groups in total. The Morgan fingerprint density at radius 3 is 2.60 bits per heavy atom. The average Bonchev–Trinajstić information content (AvgIpc) is 2.50. The van der Waals surface area contributed by atoms with Crippen LogP contribution in [0.15, 0.2) is 48.5 Å². The molecule has 3 heteroatoms. The number of rotatable bonds is 5. The van der Waals surface area contributed by atoms with E-state index in [9.17, 15) is 0 Å². The van der Waals surface area contributed by atoms with E-state index in [0.717, 1.165) is 16.6 Å². The van der Waals surface area contributed by atoms with Crippen LogP contribution in [0.1, 0.15) is 22.6 Å². The van der Waals surface area contributed by atoms with E-state index in [1.54, 1.807) is 12.1 Å². The number of nitrogens with zero attached hydrogens (tertiary/aromatic N) is 1. The van der Waals surface area contributed by atoms with Gasteiger partial charge in [0.1, 0.15) is 5.75 Å². The highest BCUT2D eigenvalue weighted by molar-refractivity contribution is 9.09. The fourth-order valence-corrected chi connectivity index (χ4v) is 2.53. The minimum Gasteiger partial charge on any atom is -0.493 e. The fraction of sp³-hybridized carbons (Fsp3) is 0.235. The van der Waals surface area contributed by atoms with E-state index in [4.69, 9.17) is 10.00 Å². The van der Waals surface area contributed by atoms with Crippen molar-refractivity contribution < 1.29 is 4.74 Å². The summed E-state index contributed by atoms with van der Waals surface area (Å²) in [6.45, 7) is 2.58. The maximum Gasteiger partial charge on any atom is 0.123 e. The molecule has 2 nitrogen and oxygen atoms in total. The molecule has 1 unspecified atom stereocenters. The van der Waals surface area contributed by atoms with Crippen molar-refractivity contribution in [1.82, 2.24) is 0 Å². The summed E-state index contributed by atoms with van der Waals surface area (Å²) in [6, 6.07) is 17.9. The molecule has 0 saturated carbocycles. The molecule has 0 bridgehead atoms. The molecule has 2 rings (SSSR count). The van der Waals surface area contributed by atoms with Crippen molar-refractivity contribution in [1.29, 1.82) is 5.26 Å². The molecular weight excluding hydrogens is 314 g/mol. The number of alkyl halides is 1. The maximum absolute atomic E-state index is 8.94. The molecule has 0 aliphatic carbocycles. The molecule has 0 fully saturated rings. The highest BCUT2D eigenvalue weighted by Crippen LogP contribution is 2.23. The highest BCUT2D eigenvalue weighted by Gasteiger charge is 2.11. The molecule has 2 aromatic rings. The Kier molecular flexibility index (Phi) is 5.20. The Balaban J connectivity index is 2.09. The van der Waals surface area contributed by atoms with Crippen molar-refractivity contribution in [2.24, 2.45) is 0 Å². The zero-order valence-electron chi connectivity index (χ0n) is 11.3. The molecule has 0 saturated heterocycles. The molecule has 0 radical (unpaired) electrons. The fourth-order valence-electron chi connectivity index (χ4n) is 1.97. The number of nitriles is 1. The van der Waals surface area contributed by atoms with Gasteiger partial charge >= 0.3 is 0 Å². The quantitative estimate of drug-likeness (QED) is 0.760. The zero-order valence-corrected chi connectivity index (χ0v) is 12.9. The first-order valence-corrected chi connectivity index (χ1v) is 7.61. The van der Waals surface area contributed by atoms with Crippen LogP contribution in [0.4, 0.5) is 0 Å². The number of ether oxygens (including phenoxy) is 1. The summed E-state index contributed by atoms with van der Waals surface area (Å²) in [5, 5.41) is 9.78. The zero-order chi connectivity index (χ0) is 14.4. The van der Waals surface area contributed by atoms with Gasteiger partial charge < -0.3 is 4.74 Å². The lowest BCUT2D eigenvalue weighted by molar-refractivity contribution is 0.296. The first-order chi connectivity index (χ1) is 9.74. The number of hydrogen-bond acceptors (Lipinski definition) is 2. The van der Waals surface area contributed by atoms with E-state index >= 15 is 0 Å². The first kappa shape index (κ1) is 14.6. The van der Waals surface area contributed by atoms with Crippen LogP contribution in [-0.4, -0.2) is 11.9 Å². The van der Waals surface area contributed by atoms with Crippen LogP contribution in [0.3, 0.4) is 0 Å². The van der Waals surface area contributed by atoms with Crippen LogP contribution in [0, 0.1) is 18.3 Å². The second-order valence-corrected chi connectivity index (χ2v) is 5.31. The summed E-state index contributed by atoms with van der Waals surface area (Å²) >= 11 is 3.54. The predicted octanol–water partition coefficient (Wildman–Crippen LogP) is 4.42. The first-order valence-electron chi connectivity index (χ1n) is 6.49. The summed E-state index contributed by atoms with van der Waals surface area (Å²) in [5.74, 6) is 1.08. The minimum absolute atomic E-state index is 0.293. The normalized spacial score (nSPS) is 11.7. The van der Waals surface area contributed by atoms with E-state index in [1.807, 2.05) is 31.2 Å². The lowest BCUT2D eigenvalue weighted by Crippen LogP contribution is -2.12. The minimum atomic E-state index is 0.293. The Morgan fingerprint density at radius 1 is 1.20 bits per heavy atom. The third kappa shape index (κ3) is 3.61. The second-order valence-electron chi connectivity index (χ2n) is 4.66. The molecule has 2 aromatic carbocycles. The highest BCUT2D eigenvalue weighted by atomic mass is 79.9. The van der Waals surface area contributed by atoms with Gasteiger partial charge in [-0.2, -0.15) is 5.26 Å². The van der Waals surface area contributed by atoms with E-state index in [-0.39, 0.29) is 0 Å². The van der Waals surface area contributed by atoms with Crippen molar-refractivity contribution in [3.63, 3.8) is 0 Å². The van der Waals surface area contributed by atoms with Crippen LogP contribution in [-0.2, 0) is 0 Å². The van der Waals surface area contributed by atoms with E-state index < -0.39 is 0 Å². The van der Waals surface area contributed by atoms with Gasteiger partial charge in [-0.3, -0.25) is 0 Å². The summed E-state index contributed by atoms with van der Waals surface area (Å²) in [7, 11) is 0. The average molecular weight is 330 g/mol. The third-order valence-corrected chi connectivity index (χ3v) is 4.00. The van der Waals surface area contributed by atoms with Gasteiger partial charge in [-0.1, -0.05) is 52.3 Å². The van der Waals surface area contributed by atoms with E-state index in [1.165, 1.54) is 5.56 Å². The summed E-state index contributed by atoms with van der Waals surface area (Å²) in [6.07, 6.45) is 0.